The maximum atomic E-state index is 13.1. The van der Waals surface area contributed by atoms with Crippen LogP contribution in [0.5, 0.6) is 5.75 Å². The first-order valence-corrected chi connectivity index (χ1v) is 14.0. The molecule has 6 nitrogen and oxygen atoms in total. The Bertz CT molecular complexity index is 1620. The highest BCUT2D eigenvalue weighted by atomic mass is 16.5. The summed E-state index contributed by atoms with van der Waals surface area (Å²) in [4.78, 5) is 22.5. The van der Waals surface area contributed by atoms with Crippen LogP contribution in [0.15, 0.2) is 97.2 Å². The van der Waals surface area contributed by atoms with Crippen LogP contribution in [0.25, 0.3) is 28.0 Å². The summed E-state index contributed by atoms with van der Waals surface area (Å²) >= 11 is 0. The fourth-order valence-corrected chi connectivity index (χ4v) is 5.37. The standard InChI is InChI=1S/C34H34N4O2/c1-3-40-30-11-7-10-28(22-30)29-16-17-32-35-33(26-8-5-4-6-9-26)31(38(32)23-29)24-36-18-20-37(21-19-36)34(39)27-14-12-25(2)13-15-27/h4-17,22-23H,3,18-21,24H2,1-2H3. The minimum absolute atomic E-state index is 0.110. The first-order chi connectivity index (χ1) is 19.6. The molecule has 0 unspecified atom stereocenters. The van der Waals surface area contributed by atoms with E-state index >= 15 is 0 Å². The van der Waals surface area contributed by atoms with Crippen LogP contribution in [-0.2, 0) is 6.54 Å². The van der Waals surface area contributed by atoms with Gasteiger partial charge in [0.25, 0.3) is 5.91 Å². The smallest absolute Gasteiger partial charge is 0.253 e. The van der Waals surface area contributed by atoms with E-state index in [4.69, 9.17) is 9.72 Å². The molecule has 1 fully saturated rings. The Hall–Kier alpha value is -4.42. The van der Waals surface area contributed by atoms with E-state index in [0.29, 0.717) is 19.7 Å². The number of pyridine rings is 1. The van der Waals surface area contributed by atoms with Gasteiger partial charge in [0, 0.05) is 50.0 Å². The Kier molecular flexibility index (Phi) is 7.34. The number of aryl methyl sites for hydroxylation is 1. The lowest BCUT2D eigenvalue weighted by atomic mass is 10.1. The normalized spacial score (nSPS) is 14.0. The number of carbonyl (C=O) groups excluding carboxylic acids is 1. The Labute approximate surface area is 235 Å². The predicted octanol–water partition coefficient (Wildman–Crippen LogP) is 6.33. The Morgan fingerprint density at radius 1 is 0.825 bits per heavy atom. The largest absolute Gasteiger partial charge is 0.494 e. The maximum absolute atomic E-state index is 13.1. The fraction of sp³-hybridized carbons (Fsp3) is 0.235. The van der Waals surface area contributed by atoms with Crippen molar-refractivity contribution in [1.29, 1.82) is 0 Å². The molecular weight excluding hydrogens is 496 g/mol. The molecule has 0 spiro atoms. The Balaban J connectivity index is 1.28. The van der Waals surface area contributed by atoms with Crippen molar-refractivity contribution in [2.24, 2.45) is 0 Å². The summed E-state index contributed by atoms with van der Waals surface area (Å²) < 4.78 is 7.98. The zero-order valence-corrected chi connectivity index (χ0v) is 23.1. The molecule has 202 valence electrons. The van der Waals surface area contributed by atoms with Crippen molar-refractivity contribution >= 4 is 11.6 Å². The van der Waals surface area contributed by atoms with Crippen LogP contribution in [0.3, 0.4) is 0 Å². The van der Waals surface area contributed by atoms with Gasteiger partial charge in [-0.25, -0.2) is 4.98 Å². The predicted molar refractivity (Wildman–Crippen MR) is 160 cm³/mol. The number of hydrogen-bond donors (Lipinski definition) is 0. The van der Waals surface area contributed by atoms with Crippen LogP contribution < -0.4 is 4.74 Å². The number of aromatic nitrogens is 2. The number of carbonyl (C=O) groups is 1. The third-order valence-electron chi connectivity index (χ3n) is 7.57. The Morgan fingerprint density at radius 2 is 1.57 bits per heavy atom. The van der Waals surface area contributed by atoms with Gasteiger partial charge in [-0.05, 0) is 61.4 Å². The average Bonchev–Trinajstić information content (AvgIpc) is 3.36. The highest BCUT2D eigenvalue weighted by Crippen LogP contribution is 2.30. The Morgan fingerprint density at radius 3 is 2.33 bits per heavy atom. The van der Waals surface area contributed by atoms with Gasteiger partial charge in [0.1, 0.15) is 11.4 Å². The van der Waals surface area contributed by atoms with E-state index in [-0.39, 0.29) is 5.91 Å². The maximum Gasteiger partial charge on any atom is 0.253 e. The van der Waals surface area contributed by atoms with E-state index in [1.54, 1.807) is 0 Å². The topological polar surface area (TPSA) is 50.1 Å². The summed E-state index contributed by atoms with van der Waals surface area (Å²) in [5, 5.41) is 0. The molecule has 6 rings (SSSR count). The van der Waals surface area contributed by atoms with Crippen molar-refractivity contribution < 1.29 is 9.53 Å². The van der Waals surface area contributed by atoms with Gasteiger partial charge in [0.2, 0.25) is 0 Å². The van der Waals surface area contributed by atoms with Crippen LogP contribution >= 0.6 is 0 Å². The van der Waals surface area contributed by atoms with Gasteiger partial charge < -0.3 is 14.0 Å². The fourth-order valence-electron chi connectivity index (χ4n) is 5.37. The quantitative estimate of drug-likeness (QED) is 0.247. The number of piperazine rings is 1. The number of amides is 1. The van der Waals surface area contributed by atoms with Gasteiger partial charge in [-0.1, -0.05) is 60.2 Å². The van der Waals surface area contributed by atoms with Gasteiger partial charge in [0.15, 0.2) is 0 Å². The average molecular weight is 531 g/mol. The van der Waals surface area contributed by atoms with E-state index < -0.39 is 0 Å². The molecule has 0 N–H and O–H groups in total. The lowest BCUT2D eigenvalue weighted by Gasteiger charge is -2.34. The molecule has 3 heterocycles. The van der Waals surface area contributed by atoms with Crippen LogP contribution in [0.1, 0.15) is 28.5 Å². The summed E-state index contributed by atoms with van der Waals surface area (Å²) in [5.41, 5.74) is 8.32. The molecule has 0 radical (unpaired) electrons. The zero-order chi connectivity index (χ0) is 27.5. The van der Waals surface area contributed by atoms with E-state index in [0.717, 1.165) is 70.2 Å². The lowest BCUT2D eigenvalue weighted by Crippen LogP contribution is -2.48. The van der Waals surface area contributed by atoms with Crippen molar-refractivity contribution in [1.82, 2.24) is 19.2 Å². The second-order valence-electron chi connectivity index (χ2n) is 10.3. The van der Waals surface area contributed by atoms with E-state index in [1.807, 2.05) is 61.2 Å². The number of fused-ring (bicyclic) bond motifs is 1. The summed E-state index contributed by atoms with van der Waals surface area (Å²) in [6.45, 7) is 8.47. The highest BCUT2D eigenvalue weighted by molar-refractivity contribution is 5.94. The minimum Gasteiger partial charge on any atom is -0.494 e. The molecule has 1 amide bonds. The van der Waals surface area contributed by atoms with Gasteiger partial charge in [0.05, 0.1) is 18.0 Å². The van der Waals surface area contributed by atoms with Gasteiger partial charge >= 0.3 is 0 Å². The van der Waals surface area contributed by atoms with Crippen LogP contribution in [0.4, 0.5) is 0 Å². The third-order valence-corrected chi connectivity index (χ3v) is 7.57. The molecule has 0 aliphatic carbocycles. The third kappa shape index (κ3) is 5.36. The lowest BCUT2D eigenvalue weighted by molar-refractivity contribution is 0.0627. The molecule has 0 saturated carbocycles. The number of ether oxygens (including phenoxy) is 1. The zero-order valence-electron chi connectivity index (χ0n) is 23.1. The molecule has 1 saturated heterocycles. The number of rotatable bonds is 7. The van der Waals surface area contributed by atoms with Crippen molar-refractivity contribution in [2.75, 3.05) is 32.8 Å². The molecule has 6 heteroatoms. The number of nitrogens with zero attached hydrogens (tertiary/aromatic N) is 4. The summed E-state index contributed by atoms with van der Waals surface area (Å²) in [5.74, 6) is 0.979. The second-order valence-corrected chi connectivity index (χ2v) is 10.3. The number of imidazole rings is 1. The van der Waals surface area contributed by atoms with E-state index in [9.17, 15) is 4.79 Å². The first-order valence-electron chi connectivity index (χ1n) is 14.0. The molecule has 1 aliphatic heterocycles. The molecular formula is C34H34N4O2. The van der Waals surface area contributed by atoms with Crippen molar-refractivity contribution in [3.05, 3.63) is 114 Å². The molecule has 1 aliphatic rings. The van der Waals surface area contributed by atoms with Crippen LogP contribution in [0, 0.1) is 6.92 Å². The molecule has 5 aromatic rings. The molecule has 0 atom stereocenters. The second kappa shape index (κ2) is 11.4. The summed E-state index contributed by atoms with van der Waals surface area (Å²) in [6.07, 6.45) is 2.19. The highest BCUT2D eigenvalue weighted by Gasteiger charge is 2.24. The molecule has 0 bridgehead atoms. The number of hydrogen-bond acceptors (Lipinski definition) is 4. The van der Waals surface area contributed by atoms with Gasteiger partial charge in [-0.3, -0.25) is 9.69 Å². The minimum atomic E-state index is 0.110. The monoisotopic (exact) mass is 530 g/mol. The van der Waals surface area contributed by atoms with Gasteiger partial charge in [-0.15, -0.1) is 0 Å². The molecule has 2 aromatic heterocycles. The van der Waals surface area contributed by atoms with Crippen molar-refractivity contribution in [2.45, 2.75) is 20.4 Å². The van der Waals surface area contributed by atoms with Gasteiger partial charge in [-0.2, -0.15) is 0 Å². The molecule has 3 aromatic carbocycles. The SMILES string of the molecule is CCOc1cccc(-c2ccc3nc(-c4ccccc4)c(CN4CCN(C(=O)c5ccc(C)cc5)CC4)n3c2)c1. The van der Waals surface area contributed by atoms with Crippen molar-refractivity contribution in [3.63, 3.8) is 0 Å². The summed E-state index contributed by atoms with van der Waals surface area (Å²) in [7, 11) is 0. The van der Waals surface area contributed by atoms with E-state index in [2.05, 4.69) is 64.0 Å². The number of benzene rings is 3. The first kappa shape index (κ1) is 25.8. The van der Waals surface area contributed by atoms with Crippen LogP contribution in [0.2, 0.25) is 0 Å². The van der Waals surface area contributed by atoms with Crippen molar-refractivity contribution in [3.8, 4) is 28.1 Å². The molecule has 40 heavy (non-hydrogen) atoms. The summed E-state index contributed by atoms with van der Waals surface area (Å²) in [6, 6.07) is 30.7. The van der Waals surface area contributed by atoms with Crippen LogP contribution in [-0.4, -0.2) is 57.9 Å². The van der Waals surface area contributed by atoms with E-state index in [1.165, 1.54) is 0 Å².